The number of anilines is 2. The number of aromatic nitrogens is 3. The van der Waals surface area contributed by atoms with Crippen LogP contribution in [0.5, 0.6) is 0 Å². The molecular formula is C14H21N5S. The molecular weight excluding hydrogens is 270 g/mol. The van der Waals surface area contributed by atoms with Crippen molar-refractivity contribution < 1.29 is 0 Å². The molecule has 6 heteroatoms. The number of hydrogen-bond acceptors (Lipinski definition) is 6. The average molecular weight is 291 g/mol. The van der Waals surface area contributed by atoms with Crippen LogP contribution in [0.3, 0.4) is 0 Å². The Kier molecular flexibility index (Phi) is 5.73. The van der Waals surface area contributed by atoms with E-state index >= 15 is 0 Å². The van der Waals surface area contributed by atoms with Crippen molar-refractivity contribution >= 4 is 23.0 Å². The van der Waals surface area contributed by atoms with Crippen molar-refractivity contribution in [3.8, 4) is 0 Å². The van der Waals surface area contributed by atoms with Gasteiger partial charge in [0.15, 0.2) is 0 Å². The van der Waals surface area contributed by atoms with Gasteiger partial charge in [0.25, 0.3) is 0 Å². The number of nitrogens with zero attached hydrogens (tertiary/aromatic N) is 3. The maximum absolute atomic E-state index is 4.38. The molecule has 0 unspecified atom stereocenters. The lowest BCUT2D eigenvalue weighted by Crippen LogP contribution is -2.12. The molecule has 0 aliphatic rings. The van der Waals surface area contributed by atoms with Gasteiger partial charge in [-0.1, -0.05) is 13.3 Å². The zero-order valence-corrected chi connectivity index (χ0v) is 12.8. The lowest BCUT2D eigenvalue weighted by molar-refractivity contribution is 0.891. The Hall–Kier alpha value is -1.69. The van der Waals surface area contributed by atoms with E-state index in [1.807, 2.05) is 11.6 Å². The molecule has 0 aliphatic heterocycles. The van der Waals surface area contributed by atoms with Crippen LogP contribution in [0.15, 0.2) is 17.9 Å². The SMILES string of the molecule is CCCc1c(NCC)ncnc1NCCc1nccs1. The number of rotatable bonds is 8. The first-order valence-corrected chi connectivity index (χ1v) is 7.93. The van der Waals surface area contributed by atoms with Crippen LogP contribution in [0.1, 0.15) is 30.8 Å². The van der Waals surface area contributed by atoms with E-state index in [9.17, 15) is 0 Å². The monoisotopic (exact) mass is 291 g/mol. The van der Waals surface area contributed by atoms with Gasteiger partial charge >= 0.3 is 0 Å². The molecule has 2 rings (SSSR count). The molecule has 2 heterocycles. The van der Waals surface area contributed by atoms with Crippen molar-refractivity contribution in [1.29, 1.82) is 0 Å². The third-order valence-electron chi connectivity index (χ3n) is 2.90. The minimum absolute atomic E-state index is 0.840. The van der Waals surface area contributed by atoms with Crippen LogP contribution in [-0.2, 0) is 12.8 Å². The Morgan fingerprint density at radius 3 is 2.50 bits per heavy atom. The van der Waals surface area contributed by atoms with Crippen LogP contribution in [0.4, 0.5) is 11.6 Å². The normalized spacial score (nSPS) is 10.5. The molecule has 0 bridgehead atoms. The predicted molar refractivity (Wildman–Crippen MR) is 84.5 cm³/mol. The quantitative estimate of drug-likeness (QED) is 0.783. The van der Waals surface area contributed by atoms with Crippen molar-refractivity contribution in [3.05, 3.63) is 28.5 Å². The summed E-state index contributed by atoms with van der Waals surface area (Å²) in [4.78, 5) is 13.0. The molecule has 0 radical (unpaired) electrons. The number of thiazole rings is 1. The molecule has 0 aromatic carbocycles. The first-order chi connectivity index (χ1) is 9.85. The van der Waals surface area contributed by atoms with E-state index in [1.165, 1.54) is 5.56 Å². The number of hydrogen-bond donors (Lipinski definition) is 2. The van der Waals surface area contributed by atoms with Crippen molar-refractivity contribution in [2.24, 2.45) is 0 Å². The van der Waals surface area contributed by atoms with Gasteiger partial charge in [-0.2, -0.15) is 0 Å². The molecule has 0 atom stereocenters. The van der Waals surface area contributed by atoms with Gasteiger partial charge in [-0.15, -0.1) is 11.3 Å². The summed E-state index contributed by atoms with van der Waals surface area (Å²) in [6.07, 6.45) is 6.43. The van der Waals surface area contributed by atoms with Crippen LogP contribution in [-0.4, -0.2) is 28.0 Å². The zero-order valence-electron chi connectivity index (χ0n) is 12.0. The van der Waals surface area contributed by atoms with Crippen LogP contribution >= 0.6 is 11.3 Å². The summed E-state index contributed by atoms with van der Waals surface area (Å²) in [5.41, 5.74) is 1.18. The largest absolute Gasteiger partial charge is 0.370 e. The van der Waals surface area contributed by atoms with E-state index in [0.29, 0.717) is 0 Å². The van der Waals surface area contributed by atoms with E-state index in [2.05, 4.69) is 39.4 Å². The van der Waals surface area contributed by atoms with Gasteiger partial charge in [-0.05, 0) is 13.3 Å². The second-order valence-corrected chi connectivity index (χ2v) is 5.41. The molecule has 0 spiro atoms. The highest BCUT2D eigenvalue weighted by Gasteiger charge is 2.09. The second kappa shape index (κ2) is 7.79. The lowest BCUT2D eigenvalue weighted by Gasteiger charge is -2.14. The first-order valence-electron chi connectivity index (χ1n) is 7.05. The predicted octanol–water partition coefficient (Wildman–Crippen LogP) is 2.97. The maximum Gasteiger partial charge on any atom is 0.134 e. The molecule has 2 N–H and O–H groups in total. The van der Waals surface area contributed by atoms with Gasteiger partial charge in [-0.25, -0.2) is 15.0 Å². The van der Waals surface area contributed by atoms with Gasteiger partial charge < -0.3 is 10.6 Å². The topological polar surface area (TPSA) is 62.7 Å². The van der Waals surface area contributed by atoms with Crippen molar-refractivity contribution in [1.82, 2.24) is 15.0 Å². The highest BCUT2D eigenvalue weighted by atomic mass is 32.1. The van der Waals surface area contributed by atoms with Crippen molar-refractivity contribution in [2.75, 3.05) is 23.7 Å². The summed E-state index contributed by atoms with van der Waals surface area (Å²) in [6, 6.07) is 0. The standard InChI is InChI=1S/C14H21N5S/c1-3-5-11-13(15-4-2)18-10-19-14(11)17-7-6-12-16-8-9-20-12/h8-10H,3-7H2,1-2H3,(H2,15,17,18,19). The average Bonchev–Trinajstić information content (AvgIpc) is 2.96. The molecule has 0 amide bonds. The Morgan fingerprint density at radius 2 is 1.85 bits per heavy atom. The third-order valence-corrected chi connectivity index (χ3v) is 3.74. The van der Waals surface area contributed by atoms with Gasteiger partial charge in [-0.3, -0.25) is 0 Å². The minimum atomic E-state index is 0.840. The van der Waals surface area contributed by atoms with E-state index in [-0.39, 0.29) is 0 Å². The highest BCUT2D eigenvalue weighted by Crippen LogP contribution is 2.21. The van der Waals surface area contributed by atoms with Crippen LogP contribution in [0.2, 0.25) is 0 Å². The van der Waals surface area contributed by atoms with E-state index in [1.54, 1.807) is 17.7 Å². The van der Waals surface area contributed by atoms with Crippen molar-refractivity contribution in [2.45, 2.75) is 33.1 Å². The van der Waals surface area contributed by atoms with Crippen LogP contribution in [0.25, 0.3) is 0 Å². The first kappa shape index (κ1) is 14.7. The van der Waals surface area contributed by atoms with Gasteiger partial charge in [0.1, 0.15) is 18.0 Å². The lowest BCUT2D eigenvalue weighted by atomic mass is 10.1. The smallest absolute Gasteiger partial charge is 0.134 e. The van der Waals surface area contributed by atoms with E-state index in [4.69, 9.17) is 0 Å². The molecule has 0 fully saturated rings. The highest BCUT2D eigenvalue weighted by molar-refractivity contribution is 7.09. The van der Waals surface area contributed by atoms with E-state index < -0.39 is 0 Å². The van der Waals surface area contributed by atoms with Gasteiger partial charge in [0.2, 0.25) is 0 Å². The maximum atomic E-state index is 4.38. The van der Waals surface area contributed by atoms with Gasteiger partial charge in [0.05, 0.1) is 5.01 Å². The Balaban J connectivity index is 2.03. The molecule has 5 nitrogen and oxygen atoms in total. The molecule has 0 aliphatic carbocycles. The van der Waals surface area contributed by atoms with Gasteiger partial charge in [0, 0.05) is 36.7 Å². The fraction of sp³-hybridized carbons (Fsp3) is 0.500. The molecule has 0 saturated carbocycles. The summed E-state index contributed by atoms with van der Waals surface area (Å²) in [6.45, 7) is 5.95. The zero-order chi connectivity index (χ0) is 14.2. The fourth-order valence-electron chi connectivity index (χ4n) is 2.04. The minimum Gasteiger partial charge on any atom is -0.370 e. The summed E-state index contributed by atoms with van der Waals surface area (Å²) < 4.78 is 0. The number of nitrogens with one attached hydrogen (secondary N) is 2. The molecule has 0 saturated heterocycles. The summed E-state index contributed by atoms with van der Waals surface area (Å²) in [5, 5.41) is 9.87. The Morgan fingerprint density at radius 1 is 1.05 bits per heavy atom. The molecule has 20 heavy (non-hydrogen) atoms. The second-order valence-electron chi connectivity index (χ2n) is 4.43. The Bertz CT molecular complexity index is 512. The summed E-state index contributed by atoms with van der Waals surface area (Å²) in [5.74, 6) is 1.88. The third kappa shape index (κ3) is 3.90. The summed E-state index contributed by atoms with van der Waals surface area (Å²) >= 11 is 1.69. The molecule has 2 aromatic heterocycles. The van der Waals surface area contributed by atoms with Crippen molar-refractivity contribution in [3.63, 3.8) is 0 Å². The molecule has 108 valence electrons. The van der Waals surface area contributed by atoms with E-state index in [0.717, 1.165) is 49.0 Å². The summed E-state index contributed by atoms with van der Waals surface area (Å²) in [7, 11) is 0. The fourth-order valence-corrected chi connectivity index (χ4v) is 2.66. The Labute approximate surface area is 123 Å². The van der Waals surface area contributed by atoms with Crippen LogP contribution in [0, 0.1) is 0 Å². The molecule has 2 aromatic rings. The van der Waals surface area contributed by atoms with Crippen LogP contribution < -0.4 is 10.6 Å².